The summed E-state index contributed by atoms with van der Waals surface area (Å²) in [6, 6.07) is 0.445. The van der Waals surface area contributed by atoms with Crippen LogP contribution < -0.4 is 5.32 Å². The molecule has 2 amide bonds. The molecule has 0 bridgehead atoms. The number of likely N-dealkylation sites (N-methyl/N-ethyl adjacent to an activating group) is 1. The van der Waals surface area contributed by atoms with Gasteiger partial charge < -0.3 is 15.1 Å². The molecule has 0 radical (unpaired) electrons. The van der Waals surface area contributed by atoms with Crippen LogP contribution in [0.3, 0.4) is 0 Å². The molecule has 0 aromatic rings. The molecule has 1 aliphatic carbocycles. The van der Waals surface area contributed by atoms with E-state index >= 15 is 0 Å². The molecule has 1 saturated carbocycles. The van der Waals surface area contributed by atoms with Gasteiger partial charge in [-0.2, -0.15) is 0 Å². The summed E-state index contributed by atoms with van der Waals surface area (Å²) in [7, 11) is 1.97. The predicted octanol–water partition coefficient (Wildman–Crippen LogP) is 1.91. The van der Waals surface area contributed by atoms with Crippen molar-refractivity contribution in [2.24, 2.45) is 0 Å². The van der Waals surface area contributed by atoms with Gasteiger partial charge in [-0.25, -0.2) is 0 Å². The molecule has 0 aromatic carbocycles. The van der Waals surface area contributed by atoms with E-state index in [2.05, 4.69) is 10.2 Å². The fourth-order valence-electron chi connectivity index (χ4n) is 4.38. The van der Waals surface area contributed by atoms with Gasteiger partial charge in [-0.05, 0) is 32.2 Å². The van der Waals surface area contributed by atoms with Crippen LogP contribution in [0, 0.1) is 0 Å². The number of nitrogens with zero attached hydrogens (tertiary/aromatic N) is 3. The Labute approximate surface area is 176 Å². The van der Waals surface area contributed by atoms with Gasteiger partial charge >= 0.3 is 0 Å². The molecular weight excluding hydrogens is 387 g/mol. The van der Waals surface area contributed by atoms with Gasteiger partial charge in [0.15, 0.2) is 0 Å². The van der Waals surface area contributed by atoms with Crippen molar-refractivity contribution in [1.82, 2.24) is 20.0 Å². The molecule has 1 atom stereocenters. The molecule has 0 unspecified atom stereocenters. The minimum Gasteiger partial charge on any atom is -0.342 e. The molecule has 158 valence electrons. The average Bonchev–Trinajstić information content (AvgIpc) is 2.68. The Morgan fingerprint density at radius 3 is 2.15 bits per heavy atom. The van der Waals surface area contributed by atoms with E-state index in [1.54, 1.807) is 0 Å². The third kappa shape index (κ3) is 6.77. The van der Waals surface area contributed by atoms with Crippen molar-refractivity contribution in [1.29, 1.82) is 0 Å². The van der Waals surface area contributed by atoms with Crippen LogP contribution in [0.15, 0.2) is 0 Å². The minimum atomic E-state index is 0. The fourth-order valence-corrected chi connectivity index (χ4v) is 4.38. The summed E-state index contributed by atoms with van der Waals surface area (Å²) in [5, 5.41) is 3.35. The SMILES string of the molecule is CN(C(=O)CN1CCN(C(=O)[C@H]2CCCCN2)CC1)C1CCCCC1.Cl.Cl. The van der Waals surface area contributed by atoms with Crippen molar-refractivity contribution in [3.63, 3.8) is 0 Å². The molecule has 2 aliphatic heterocycles. The second-order valence-corrected chi connectivity index (χ2v) is 7.90. The number of amides is 2. The zero-order chi connectivity index (χ0) is 17.6. The molecular formula is C19H36Cl2N4O2. The van der Waals surface area contributed by atoms with Crippen molar-refractivity contribution in [2.45, 2.75) is 63.5 Å². The Balaban J connectivity index is 0.00000182. The molecule has 0 spiro atoms. The van der Waals surface area contributed by atoms with E-state index in [1.165, 1.54) is 25.7 Å². The van der Waals surface area contributed by atoms with Gasteiger partial charge in [0.1, 0.15) is 0 Å². The van der Waals surface area contributed by atoms with E-state index in [1.807, 2.05) is 16.8 Å². The van der Waals surface area contributed by atoms with Gasteiger partial charge in [0.2, 0.25) is 11.8 Å². The highest BCUT2D eigenvalue weighted by Crippen LogP contribution is 2.22. The molecule has 2 saturated heterocycles. The van der Waals surface area contributed by atoms with Crippen molar-refractivity contribution in [3.8, 4) is 0 Å². The first-order chi connectivity index (χ1) is 12.1. The van der Waals surface area contributed by atoms with Gasteiger partial charge in [-0.15, -0.1) is 24.8 Å². The van der Waals surface area contributed by atoms with Crippen LogP contribution in [-0.4, -0.2) is 84.9 Å². The van der Waals surface area contributed by atoms with Gasteiger partial charge in [0.25, 0.3) is 0 Å². The van der Waals surface area contributed by atoms with Crippen molar-refractivity contribution in [3.05, 3.63) is 0 Å². The lowest BCUT2D eigenvalue weighted by atomic mass is 9.94. The molecule has 8 heteroatoms. The highest BCUT2D eigenvalue weighted by Gasteiger charge is 2.29. The maximum absolute atomic E-state index is 12.6. The zero-order valence-corrected chi connectivity index (χ0v) is 18.2. The smallest absolute Gasteiger partial charge is 0.239 e. The van der Waals surface area contributed by atoms with Crippen molar-refractivity contribution < 1.29 is 9.59 Å². The summed E-state index contributed by atoms with van der Waals surface area (Å²) in [5.41, 5.74) is 0. The first-order valence-electron chi connectivity index (χ1n) is 10.2. The molecule has 3 aliphatic rings. The van der Waals surface area contributed by atoms with E-state index in [0.29, 0.717) is 12.6 Å². The molecule has 1 N–H and O–H groups in total. The number of carbonyl (C=O) groups is 2. The Hall–Kier alpha value is -0.560. The summed E-state index contributed by atoms with van der Waals surface area (Å²) < 4.78 is 0. The van der Waals surface area contributed by atoms with Gasteiger partial charge in [0, 0.05) is 39.3 Å². The van der Waals surface area contributed by atoms with Crippen LogP contribution in [-0.2, 0) is 9.59 Å². The molecule has 27 heavy (non-hydrogen) atoms. The van der Waals surface area contributed by atoms with Gasteiger partial charge in [-0.1, -0.05) is 25.7 Å². The molecule has 0 aromatic heterocycles. The number of nitrogens with one attached hydrogen (secondary N) is 1. The number of carbonyl (C=O) groups excluding carboxylic acids is 2. The fraction of sp³-hybridized carbons (Fsp3) is 0.895. The lowest BCUT2D eigenvalue weighted by molar-refractivity contribution is -0.137. The van der Waals surface area contributed by atoms with E-state index in [4.69, 9.17) is 0 Å². The largest absolute Gasteiger partial charge is 0.342 e. The zero-order valence-electron chi connectivity index (χ0n) is 16.5. The van der Waals surface area contributed by atoms with E-state index in [9.17, 15) is 9.59 Å². The Bertz CT molecular complexity index is 461. The standard InChI is InChI=1S/C19H34N4O2.2ClH/c1-21(16-7-3-2-4-8-16)18(24)15-22-11-13-23(14-12-22)19(25)17-9-5-6-10-20-17;;/h16-17,20H,2-15H2,1H3;2*1H/t17-;;/m1../s1. The van der Waals surface area contributed by atoms with Crippen LogP contribution in [0.2, 0.25) is 0 Å². The molecule has 6 nitrogen and oxygen atoms in total. The normalized spacial score (nSPS) is 24.5. The third-order valence-electron chi connectivity index (χ3n) is 6.17. The summed E-state index contributed by atoms with van der Waals surface area (Å²) in [4.78, 5) is 31.3. The maximum Gasteiger partial charge on any atom is 0.239 e. The Kier molecular flexibility index (Phi) is 11.0. The number of hydrogen-bond donors (Lipinski definition) is 1. The number of hydrogen-bond acceptors (Lipinski definition) is 4. The Morgan fingerprint density at radius 2 is 1.56 bits per heavy atom. The maximum atomic E-state index is 12.6. The highest BCUT2D eigenvalue weighted by atomic mass is 35.5. The van der Waals surface area contributed by atoms with Crippen LogP contribution in [0.4, 0.5) is 0 Å². The third-order valence-corrected chi connectivity index (χ3v) is 6.17. The van der Waals surface area contributed by atoms with Crippen LogP contribution in [0.1, 0.15) is 51.4 Å². The molecule has 3 rings (SSSR count). The monoisotopic (exact) mass is 422 g/mol. The quantitative estimate of drug-likeness (QED) is 0.751. The summed E-state index contributed by atoms with van der Waals surface area (Å²) >= 11 is 0. The average molecular weight is 423 g/mol. The molecule has 3 fully saturated rings. The van der Waals surface area contributed by atoms with E-state index < -0.39 is 0 Å². The van der Waals surface area contributed by atoms with Gasteiger partial charge in [-0.3, -0.25) is 14.5 Å². The van der Waals surface area contributed by atoms with Crippen molar-refractivity contribution in [2.75, 3.05) is 46.3 Å². The first-order valence-corrected chi connectivity index (χ1v) is 10.2. The van der Waals surface area contributed by atoms with Crippen LogP contribution in [0.5, 0.6) is 0 Å². The van der Waals surface area contributed by atoms with Crippen LogP contribution in [0.25, 0.3) is 0 Å². The Morgan fingerprint density at radius 1 is 0.926 bits per heavy atom. The van der Waals surface area contributed by atoms with Crippen molar-refractivity contribution >= 4 is 36.6 Å². The number of halogens is 2. The van der Waals surface area contributed by atoms with E-state index in [-0.39, 0.29) is 42.7 Å². The summed E-state index contributed by atoms with van der Waals surface area (Å²) in [6.07, 6.45) is 9.39. The second-order valence-electron chi connectivity index (χ2n) is 7.90. The number of piperidine rings is 1. The summed E-state index contributed by atoms with van der Waals surface area (Å²) in [6.45, 7) is 4.56. The summed E-state index contributed by atoms with van der Waals surface area (Å²) in [5.74, 6) is 0.491. The lowest BCUT2D eigenvalue weighted by Gasteiger charge is -2.38. The minimum absolute atomic E-state index is 0. The first kappa shape index (κ1) is 24.5. The highest BCUT2D eigenvalue weighted by molar-refractivity contribution is 5.85. The van der Waals surface area contributed by atoms with E-state index in [0.717, 1.165) is 58.4 Å². The van der Waals surface area contributed by atoms with Gasteiger partial charge in [0.05, 0.1) is 12.6 Å². The topological polar surface area (TPSA) is 55.9 Å². The predicted molar refractivity (Wildman–Crippen MR) is 113 cm³/mol. The molecule has 2 heterocycles. The number of piperazine rings is 1. The van der Waals surface area contributed by atoms with Crippen LogP contribution >= 0.6 is 24.8 Å². The number of rotatable bonds is 4. The lowest BCUT2D eigenvalue weighted by Crippen LogP contribution is -2.56. The second kappa shape index (κ2) is 12.1.